The third kappa shape index (κ3) is 4.37. The molecule has 0 amide bonds. The molecule has 0 spiro atoms. The fourth-order valence-electron chi connectivity index (χ4n) is 2.84. The molecule has 1 aliphatic heterocycles. The molecule has 1 heterocycles. The van der Waals surface area contributed by atoms with E-state index in [4.69, 9.17) is 9.47 Å². The topological polar surface area (TPSA) is 30.5 Å². The van der Waals surface area contributed by atoms with E-state index in [-0.39, 0.29) is 11.4 Å². The van der Waals surface area contributed by atoms with Crippen molar-refractivity contribution in [3.63, 3.8) is 0 Å². The van der Waals surface area contributed by atoms with Crippen LogP contribution in [-0.4, -0.2) is 37.9 Å². The van der Waals surface area contributed by atoms with Crippen molar-refractivity contribution < 1.29 is 13.9 Å². The Hall–Kier alpha value is -0.780. The van der Waals surface area contributed by atoms with Crippen molar-refractivity contribution in [3.05, 3.63) is 29.6 Å². The lowest BCUT2D eigenvalue weighted by molar-refractivity contribution is 0.0374. The van der Waals surface area contributed by atoms with E-state index in [1.54, 1.807) is 12.1 Å². The molecular weight excluding hydrogens is 301 g/mol. The molecule has 2 rings (SSSR count). The van der Waals surface area contributed by atoms with Crippen LogP contribution in [0.5, 0.6) is 5.75 Å². The van der Waals surface area contributed by atoms with Crippen molar-refractivity contribution in [3.8, 4) is 5.75 Å². The summed E-state index contributed by atoms with van der Waals surface area (Å²) in [7, 11) is 1.49. The van der Waals surface area contributed by atoms with E-state index in [0.29, 0.717) is 24.2 Å². The van der Waals surface area contributed by atoms with Crippen LogP contribution in [0.4, 0.5) is 4.39 Å². The molecule has 124 valence electrons. The summed E-state index contributed by atoms with van der Waals surface area (Å²) < 4.78 is 24.6. The first kappa shape index (κ1) is 17.6. The molecule has 0 atom stereocenters. The highest BCUT2D eigenvalue weighted by atomic mass is 32.2. The van der Waals surface area contributed by atoms with Gasteiger partial charge >= 0.3 is 0 Å². The van der Waals surface area contributed by atoms with Gasteiger partial charge in [-0.2, -0.15) is 11.8 Å². The maximum absolute atomic E-state index is 14.1. The van der Waals surface area contributed by atoms with Gasteiger partial charge in [0.25, 0.3) is 0 Å². The Labute approximate surface area is 137 Å². The molecule has 1 aromatic carbocycles. The minimum absolute atomic E-state index is 0.192. The molecule has 0 saturated carbocycles. The quantitative estimate of drug-likeness (QED) is 0.776. The van der Waals surface area contributed by atoms with Gasteiger partial charge in [-0.3, -0.25) is 0 Å². The predicted octanol–water partition coefficient (Wildman–Crippen LogP) is 3.57. The minimum atomic E-state index is -0.302. The third-order valence-corrected chi connectivity index (χ3v) is 5.17. The number of benzene rings is 1. The average Bonchev–Trinajstić information content (AvgIpc) is 2.52. The summed E-state index contributed by atoms with van der Waals surface area (Å²) in [4.78, 5) is 0. The summed E-state index contributed by atoms with van der Waals surface area (Å²) in [5.41, 5.74) is 0.798. The van der Waals surface area contributed by atoms with Gasteiger partial charge in [0.15, 0.2) is 11.6 Å². The van der Waals surface area contributed by atoms with Crippen molar-refractivity contribution >= 4 is 11.8 Å². The Bertz CT molecular complexity index is 476. The molecule has 0 aromatic heterocycles. The molecule has 0 radical (unpaired) electrons. The molecule has 0 unspecified atom stereocenters. The fraction of sp³-hybridized carbons (Fsp3) is 0.647. The zero-order valence-corrected chi connectivity index (χ0v) is 14.5. The van der Waals surface area contributed by atoms with Crippen LogP contribution >= 0.6 is 11.8 Å². The van der Waals surface area contributed by atoms with E-state index in [1.807, 2.05) is 17.8 Å². The largest absolute Gasteiger partial charge is 0.494 e. The number of hydrogen-bond donors (Lipinski definition) is 1. The van der Waals surface area contributed by atoms with Gasteiger partial charge in [-0.25, -0.2) is 4.39 Å². The Balaban J connectivity index is 2.12. The summed E-state index contributed by atoms with van der Waals surface area (Å²) in [5.74, 6) is 1.05. The first-order valence-electron chi connectivity index (χ1n) is 7.86. The molecule has 3 nitrogen and oxygen atoms in total. The highest BCUT2D eigenvalue weighted by Gasteiger charge is 2.34. The van der Waals surface area contributed by atoms with Crippen molar-refractivity contribution in [2.24, 2.45) is 0 Å². The molecule has 0 aliphatic carbocycles. The lowest BCUT2D eigenvalue weighted by Gasteiger charge is -2.39. The number of thioether (sulfide) groups is 1. The second kappa shape index (κ2) is 8.18. The Morgan fingerprint density at radius 3 is 2.68 bits per heavy atom. The van der Waals surface area contributed by atoms with Gasteiger partial charge in [-0.05, 0) is 35.8 Å². The van der Waals surface area contributed by atoms with E-state index >= 15 is 0 Å². The molecule has 1 aromatic rings. The zero-order valence-electron chi connectivity index (χ0n) is 13.7. The maximum Gasteiger partial charge on any atom is 0.165 e. The van der Waals surface area contributed by atoms with Crippen LogP contribution in [0.2, 0.25) is 0 Å². The number of rotatable bonds is 7. The van der Waals surface area contributed by atoms with Gasteiger partial charge in [-0.15, -0.1) is 0 Å². The second-order valence-corrected chi connectivity index (χ2v) is 7.57. The SMILES string of the molecule is COc1ccc(C2(NCCSC(C)C)CCOCC2)cc1F. The van der Waals surface area contributed by atoms with Crippen LogP contribution < -0.4 is 10.1 Å². The summed E-state index contributed by atoms with van der Waals surface area (Å²) in [5, 5.41) is 4.29. The summed E-state index contributed by atoms with van der Waals surface area (Å²) in [6.45, 7) is 6.73. The van der Waals surface area contributed by atoms with Crippen molar-refractivity contribution in [2.45, 2.75) is 37.5 Å². The standard InChI is InChI=1S/C17H26FNO2S/c1-13(2)22-11-8-19-17(6-9-21-10-7-17)14-4-5-16(20-3)15(18)12-14/h4-5,12-13,19H,6-11H2,1-3H3. The van der Waals surface area contributed by atoms with Crippen LogP contribution in [0.25, 0.3) is 0 Å². The zero-order chi connectivity index (χ0) is 16.0. The van der Waals surface area contributed by atoms with E-state index in [9.17, 15) is 4.39 Å². The molecule has 5 heteroatoms. The number of methoxy groups -OCH3 is 1. The highest BCUT2D eigenvalue weighted by molar-refractivity contribution is 7.99. The number of halogens is 1. The summed E-state index contributed by atoms with van der Waals surface area (Å²) in [6.07, 6.45) is 1.73. The maximum atomic E-state index is 14.1. The number of nitrogens with one attached hydrogen (secondary N) is 1. The van der Waals surface area contributed by atoms with Gasteiger partial charge < -0.3 is 14.8 Å². The van der Waals surface area contributed by atoms with Crippen LogP contribution in [-0.2, 0) is 10.3 Å². The molecule has 1 N–H and O–H groups in total. The van der Waals surface area contributed by atoms with Crippen molar-refractivity contribution in [1.82, 2.24) is 5.32 Å². The van der Waals surface area contributed by atoms with Gasteiger partial charge in [0.2, 0.25) is 0 Å². The number of ether oxygens (including phenoxy) is 2. The van der Waals surface area contributed by atoms with Gasteiger partial charge in [0.05, 0.1) is 7.11 Å². The third-order valence-electron chi connectivity index (χ3n) is 4.07. The molecular formula is C17H26FNO2S. The number of hydrogen-bond acceptors (Lipinski definition) is 4. The summed E-state index contributed by atoms with van der Waals surface area (Å²) >= 11 is 1.94. The van der Waals surface area contributed by atoms with Crippen LogP contribution in [0, 0.1) is 5.82 Å². The van der Waals surface area contributed by atoms with E-state index in [2.05, 4.69) is 19.2 Å². The molecule has 0 bridgehead atoms. The van der Waals surface area contributed by atoms with Crippen molar-refractivity contribution in [1.29, 1.82) is 0 Å². The smallest absolute Gasteiger partial charge is 0.165 e. The van der Waals surface area contributed by atoms with E-state index in [0.717, 1.165) is 30.7 Å². The van der Waals surface area contributed by atoms with Crippen LogP contribution in [0.1, 0.15) is 32.3 Å². The molecule has 1 fully saturated rings. The van der Waals surface area contributed by atoms with Gasteiger partial charge in [0, 0.05) is 31.1 Å². The first-order valence-corrected chi connectivity index (χ1v) is 8.91. The Morgan fingerprint density at radius 1 is 1.36 bits per heavy atom. The van der Waals surface area contributed by atoms with Gasteiger partial charge in [-0.1, -0.05) is 19.9 Å². The average molecular weight is 327 g/mol. The Kier molecular flexibility index (Phi) is 6.53. The monoisotopic (exact) mass is 327 g/mol. The molecule has 1 saturated heterocycles. The molecule has 1 aliphatic rings. The minimum Gasteiger partial charge on any atom is -0.494 e. The Morgan fingerprint density at radius 2 is 2.09 bits per heavy atom. The van der Waals surface area contributed by atoms with Crippen molar-refractivity contribution in [2.75, 3.05) is 32.6 Å². The normalized spacial score (nSPS) is 17.7. The van der Waals surface area contributed by atoms with Crippen LogP contribution in [0.3, 0.4) is 0 Å². The first-order chi connectivity index (χ1) is 10.6. The van der Waals surface area contributed by atoms with E-state index in [1.165, 1.54) is 7.11 Å². The van der Waals surface area contributed by atoms with E-state index < -0.39 is 0 Å². The highest BCUT2D eigenvalue weighted by Crippen LogP contribution is 2.34. The fourth-order valence-corrected chi connectivity index (χ4v) is 3.53. The van der Waals surface area contributed by atoms with Crippen LogP contribution in [0.15, 0.2) is 18.2 Å². The lowest BCUT2D eigenvalue weighted by Crippen LogP contribution is -2.47. The van der Waals surface area contributed by atoms with Gasteiger partial charge in [0.1, 0.15) is 0 Å². The lowest BCUT2D eigenvalue weighted by atomic mass is 9.82. The second-order valence-electron chi connectivity index (χ2n) is 5.89. The molecule has 22 heavy (non-hydrogen) atoms. The predicted molar refractivity (Wildman–Crippen MR) is 90.3 cm³/mol. The summed E-state index contributed by atoms with van der Waals surface area (Å²) in [6, 6.07) is 5.29.